The van der Waals surface area contributed by atoms with Gasteiger partial charge in [-0.1, -0.05) is 48.1 Å². The molecule has 0 unspecified atom stereocenters. The van der Waals surface area contributed by atoms with Crippen molar-refractivity contribution in [3.63, 3.8) is 0 Å². The first-order chi connectivity index (χ1) is 9.71. The Hall–Kier alpha value is -1.32. The van der Waals surface area contributed by atoms with Crippen molar-refractivity contribution in [2.24, 2.45) is 0 Å². The molecule has 0 bridgehead atoms. The number of aryl methyl sites for hydroxylation is 1. The quantitative estimate of drug-likeness (QED) is 0.597. The molecule has 0 aromatic heterocycles. The van der Waals surface area contributed by atoms with Gasteiger partial charge in [0.25, 0.3) is 0 Å². The summed E-state index contributed by atoms with van der Waals surface area (Å²) in [5, 5.41) is 0. The number of hydrogen-bond acceptors (Lipinski definition) is 2. The van der Waals surface area contributed by atoms with Crippen LogP contribution in [0, 0.1) is 6.92 Å². The fraction of sp³-hybridized carbons (Fsp3) is 0.444. The molecule has 21 heavy (non-hydrogen) atoms. The molecule has 1 aromatic rings. The third-order valence-electron chi connectivity index (χ3n) is 4.35. The van der Waals surface area contributed by atoms with E-state index in [9.17, 15) is 0 Å². The smallest absolute Gasteiger partial charge is 0.400 e. The highest BCUT2D eigenvalue weighted by atomic mass is 16.7. The van der Waals surface area contributed by atoms with Gasteiger partial charge in [0.15, 0.2) is 0 Å². The summed E-state index contributed by atoms with van der Waals surface area (Å²) in [6.07, 6.45) is 6.20. The number of hydrogen-bond donors (Lipinski definition) is 0. The molecule has 1 fully saturated rings. The summed E-state index contributed by atoms with van der Waals surface area (Å²) in [7, 11) is -0.266. The summed E-state index contributed by atoms with van der Waals surface area (Å²) in [4.78, 5) is 0. The van der Waals surface area contributed by atoms with Gasteiger partial charge < -0.3 is 9.31 Å². The summed E-state index contributed by atoms with van der Waals surface area (Å²) in [5.41, 5.74) is 2.98. The topological polar surface area (TPSA) is 18.5 Å². The van der Waals surface area contributed by atoms with Crippen LogP contribution >= 0.6 is 0 Å². The Balaban J connectivity index is 2.04. The minimum Gasteiger partial charge on any atom is -0.400 e. The van der Waals surface area contributed by atoms with E-state index in [1.807, 2.05) is 13.0 Å². The molecule has 0 amide bonds. The second-order valence-corrected chi connectivity index (χ2v) is 6.77. The number of rotatable bonds is 3. The highest BCUT2D eigenvalue weighted by Crippen LogP contribution is 2.38. The second-order valence-electron chi connectivity index (χ2n) is 6.77. The van der Waals surface area contributed by atoms with Crippen molar-refractivity contribution in [2.75, 3.05) is 0 Å². The van der Waals surface area contributed by atoms with Gasteiger partial charge in [-0.2, -0.15) is 0 Å². The Labute approximate surface area is 129 Å². The van der Waals surface area contributed by atoms with Gasteiger partial charge in [0, 0.05) is 0 Å². The van der Waals surface area contributed by atoms with Crippen LogP contribution in [-0.4, -0.2) is 18.3 Å². The van der Waals surface area contributed by atoms with Gasteiger partial charge in [-0.25, -0.2) is 0 Å². The van der Waals surface area contributed by atoms with E-state index in [4.69, 9.17) is 9.31 Å². The molecule has 1 aromatic carbocycles. The lowest BCUT2D eigenvalue weighted by atomic mass is 9.79. The van der Waals surface area contributed by atoms with E-state index >= 15 is 0 Å². The fourth-order valence-electron chi connectivity index (χ4n) is 2.10. The molecule has 1 heterocycles. The van der Waals surface area contributed by atoms with Crippen LogP contribution < -0.4 is 0 Å². The normalized spacial score (nSPS) is 21.2. The Morgan fingerprint density at radius 1 is 1.00 bits per heavy atom. The highest BCUT2D eigenvalue weighted by molar-refractivity contribution is 6.54. The molecular weight excluding hydrogens is 259 g/mol. The molecule has 1 aliphatic rings. The lowest BCUT2D eigenvalue weighted by molar-refractivity contribution is 0.00578. The lowest BCUT2D eigenvalue weighted by Crippen LogP contribution is -2.41. The van der Waals surface area contributed by atoms with Crippen molar-refractivity contribution in [2.45, 2.75) is 52.7 Å². The van der Waals surface area contributed by atoms with E-state index in [1.165, 1.54) is 11.1 Å². The van der Waals surface area contributed by atoms with Gasteiger partial charge in [0.1, 0.15) is 0 Å². The monoisotopic (exact) mass is 284 g/mol. The zero-order valence-corrected chi connectivity index (χ0v) is 13.9. The molecule has 0 spiro atoms. The van der Waals surface area contributed by atoms with E-state index in [2.05, 4.69) is 71.0 Å². The Morgan fingerprint density at radius 3 is 2.05 bits per heavy atom. The Morgan fingerprint density at radius 2 is 1.52 bits per heavy atom. The zero-order valence-electron chi connectivity index (χ0n) is 13.9. The summed E-state index contributed by atoms with van der Waals surface area (Å²) < 4.78 is 12.0. The van der Waals surface area contributed by atoms with Crippen molar-refractivity contribution >= 4 is 13.2 Å². The first-order valence-electron chi connectivity index (χ1n) is 7.48. The molecule has 1 saturated heterocycles. The van der Waals surface area contributed by atoms with Crippen LogP contribution in [0.25, 0.3) is 6.08 Å². The van der Waals surface area contributed by atoms with Crippen molar-refractivity contribution in [3.05, 3.63) is 53.0 Å². The van der Waals surface area contributed by atoms with Gasteiger partial charge >= 0.3 is 7.12 Å². The number of benzene rings is 1. The van der Waals surface area contributed by atoms with Gasteiger partial charge in [-0.3, -0.25) is 0 Å². The molecule has 2 nitrogen and oxygen atoms in total. The van der Waals surface area contributed by atoms with Crippen LogP contribution in [0.4, 0.5) is 0 Å². The summed E-state index contributed by atoms with van der Waals surface area (Å²) >= 11 is 0. The predicted octanol–water partition coefficient (Wildman–Crippen LogP) is 4.59. The van der Waals surface area contributed by atoms with E-state index in [0.717, 1.165) is 5.47 Å². The molecule has 0 radical (unpaired) electrons. The summed E-state index contributed by atoms with van der Waals surface area (Å²) in [5.74, 6) is 0. The van der Waals surface area contributed by atoms with E-state index in [1.54, 1.807) is 0 Å². The number of allylic oxidation sites excluding steroid dienone is 3. The molecule has 0 aliphatic carbocycles. The fourth-order valence-corrected chi connectivity index (χ4v) is 2.10. The van der Waals surface area contributed by atoms with Crippen molar-refractivity contribution in [3.8, 4) is 0 Å². The van der Waals surface area contributed by atoms with Crippen LogP contribution in [0.15, 0.2) is 41.9 Å². The van der Waals surface area contributed by atoms with Crippen LogP contribution in [0.2, 0.25) is 0 Å². The molecule has 0 N–H and O–H groups in total. The average Bonchev–Trinajstić information content (AvgIpc) is 2.61. The van der Waals surface area contributed by atoms with E-state index in [0.29, 0.717) is 0 Å². The third kappa shape index (κ3) is 3.66. The lowest BCUT2D eigenvalue weighted by Gasteiger charge is -2.32. The second kappa shape index (κ2) is 5.82. The summed E-state index contributed by atoms with van der Waals surface area (Å²) in [6, 6.07) is 8.46. The van der Waals surface area contributed by atoms with Gasteiger partial charge in [-0.05, 0) is 52.6 Å². The maximum Gasteiger partial charge on any atom is 0.490 e. The minimum atomic E-state index is -0.284. The molecule has 0 saturated carbocycles. The molecule has 1 aliphatic heterocycles. The maximum absolute atomic E-state index is 6.02. The van der Waals surface area contributed by atoms with Crippen LogP contribution in [-0.2, 0) is 9.31 Å². The maximum atomic E-state index is 6.02. The van der Waals surface area contributed by atoms with Crippen LogP contribution in [0.5, 0.6) is 0 Å². The zero-order chi connectivity index (χ0) is 15.7. The molecule has 0 atom stereocenters. The van der Waals surface area contributed by atoms with E-state index in [-0.39, 0.29) is 18.3 Å². The van der Waals surface area contributed by atoms with Crippen molar-refractivity contribution in [1.82, 2.24) is 0 Å². The van der Waals surface area contributed by atoms with Crippen LogP contribution in [0.1, 0.15) is 45.7 Å². The Kier molecular flexibility index (Phi) is 4.45. The minimum absolute atomic E-state index is 0.266. The predicted molar refractivity (Wildman–Crippen MR) is 90.1 cm³/mol. The third-order valence-corrected chi connectivity index (χ3v) is 4.35. The standard InChI is InChI=1S/C18H25BO2/c1-14-10-12-16(13-11-14)9-7-8-15(2)19-20-17(3,4)18(5,6)21-19/h7-13H,1-6H3/b9-7+,15-8-. The first kappa shape index (κ1) is 16.1. The van der Waals surface area contributed by atoms with Gasteiger partial charge in [0.2, 0.25) is 0 Å². The SMILES string of the molecule is C/C(=C/C=C/c1ccc(C)cc1)B1OC(C)(C)C(C)(C)O1. The molecule has 112 valence electrons. The molecule has 2 rings (SSSR count). The first-order valence-corrected chi connectivity index (χ1v) is 7.48. The van der Waals surface area contributed by atoms with E-state index < -0.39 is 0 Å². The van der Waals surface area contributed by atoms with Crippen LogP contribution in [0.3, 0.4) is 0 Å². The Bertz CT molecular complexity index is 537. The highest BCUT2D eigenvalue weighted by Gasteiger charge is 2.51. The van der Waals surface area contributed by atoms with Gasteiger partial charge in [0.05, 0.1) is 11.2 Å². The van der Waals surface area contributed by atoms with Gasteiger partial charge in [-0.15, -0.1) is 0 Å². The average molecular weight is 284 g/mol. The molecular formula is C18H25BO2. The largest absolute Gasteiger partial charge is 0.490 e. The van der Waals surface area contributed by atoms with Crippen molar-refractivity contribution in [1.29, 1.82) is 0 Å². The summed E-state index contributed by atoms with van der Waals surface area (Å²) in [6.45, 7) is 12.4. The van der Waals surface area contributed by atoms with Crippen molar-refractivity contribution < 1.29 is 9.31 Å². The molecule has 3 heteroatoms.